The van der Waals surface area contributed by atoms with E-state index in [0.29, 0.717) is 25.1 Å². The largest absolute Gasteiger partial charge is 0.479 e. The molecule has 1 aromatic carbocycles. The van der Waals surface area contributed by atoms with Crippen molar-refractivity contribution < 1.29 is 19.4 Å². The van der Waals surface area contributed by atoms with Gasteiger partial charge in [-0.3, -0.25) is 4.79 Å². The van der Waals surface area contributed by atoms with E-state index in [1.54, 1.807) is 17.0 Å². The zero-order valence-electron chi connectivity index (χ0n) is 11.1. The second-order valence-electron chi connectivity index (χ2n) is 4.78. The van der Waals surface area contributed by atoms with E-state index in [-0.39, 0.29) is 19.1 Å². The maximum atomic E-state index is 12.1. The molecule has 1 aliphatic rings. The number of nitrogen functional groups attached to an aromatic ring is 1. The number of rotatable bonds is 4. The van der Waals surface area contributed by atoms with Crippen LogP contribution in [0.1, 0.15) is 12.0 Å². The summed E-state index contributed by atoms with van der Waals surface area (Å²) < 4.78 is 5.09. The molecule has 6 nitrogen and oxygen atoms in total. The molecular formula is C14H18N2O4. The standard InChI is InChI=1S/C14H18N2O4/c15-11-4-1-10(2-5-11)3-6-13(17)16-7-8-20-12(9-16)14(18)19/h1-2,4-5,12H,3,6-9,15H2,(H,18,19). The molecule has 1 atom stereocenters. The third kappa shape index (κ3) is 3.71. The molecule has 108 valence electrons. The van der Waals surface area contributed by atoms with Crippen molar-refractivity contribution in [2.75, 3.05) is 25.4 Å². The molecule has 3 N–H and O–H groups in total. The monoisotopic (exact) mass is 278 g/mol. The summed E-state index contributed by atoms with van der Waals surface area (Å²) in [5.41, 5.74) is 7.33. The van der Waals surface area contributed by atoms with Crippen LogP contribution < -0.4 is 5.73 Å². The molecule has 0 spiro atoms. The quantitative estimate of drug-likeness (QED) is 0.783. The van der Waals surface area contributed by atoms with Gasteiger partial charge in [0.05, 0.1) is 13.2 Å². The first-order valence-electron chi connectivity index (χ1n) is 6.53. The number of amides is 1. The van der Waals surface area contributed by atoms with Crippen LogP contribution in [0, 0.1) is 0 Å². The Labute approximate surface area is 117 Å². The fraction of sp³-hybridized carbons (Fsp3) is 0.429. The van der Waals surface area contributed by atoms with E-state index in [1.165, 1.54) is 0 Å². The lowest BCUT2D eigenvalue weighted by Gasteiger charge is -2.30. The Balaban J connectivity index is 1.85. The Morgan fingerprint density at radius 1 is 1.35 bits per heavy atom. The van der Waals surface area contributed by atoms with Crippen LogP contribution in [0.4, 0.5) is 5.69 Å². The van der Waals surface area contributed by atoms with Crippen LogP contribution >= 0.6 is 0 Å². The van der Waals surface area contributed by atoms with Gasteiger partial charge in [0.2, 0.25) is 5.91 Å². The lowest BCUT2D eigenvalue weighted by molar-refractivity contribution is -0.159. The SMILES string of the molecule is Nc1ccc(CCC(=O)N2CCOC(C(=O)O)C2)cc1. The summed E-state index contributed by atoms with van der Waals surface area (Å²) in [7, 11) is 0. The van der Waals surface area contributed by atoms with Gasteiger partial charge in [0, 0.05) is 18.7 Å². The first-order chi connectivity index (χ1) is 9.56. The van der Waals surface area contributed by atoms with Gasteiger partial charge in [0.25, 0.3) is 0 Å². The van der Waals surface area contributed by atoms with E-state index in [2.05, 4.69) is 0 Å². The Bertz CT molecular complexity index is 486. The highest BCUT2D eigenvalue weighted by Gasteiger charge is 2.28. The molecular weight excluding hydrogens is 260 g/mol. The number of nitrogens with zero attached hydrogens (tertiary/aromatic N) is 1. The van der Waals surface area contributed by atoms with Crippen LogP contribution in [-0.2, 0) is 20.7 Å². The number of carboxylic acid groups (broad SMARTS) is 1. The summed E-state index contributed by atoms with van der Waals surface area (Å²) in [4.78, 5) is 24.5. The summed E-state index contributed by atoms with van der Waals surface area (Å²) in [5, 5.41) is 8.90. The maximum absolute atomic E-state index is 12.1. The molecule has 1 amide bonds. The van der Waals surface area contributed by atoms with Crippen molar-refractivity contribution in [3.63, 3.8) is 0 Å². The van der Waals surface area contributed by atoms with E-state index >= 15 is 0 Å². The minimum absolute atomic E-state index is 0.0450. The molecule has 2 rings (SSSR count). The summed E-state index contributed by atoms with van der Waals surface area (Å²) in [5.74, 6) is -1.07. The fourth-order valence-corrected chi connectivity index (χ4v) is 2.12. The predicted molar refractivity (Wildman–Crippen MR) is 73.1 cm³/mol. The first-order valence-corrected chi connectivity index (χ1v) is 6.53. The van der Waals surface area contributed by atoms with E-state index < -0.39 is 12.1 Å². The third-order valence-corrected chi connectivity index (χ3v) is 3.30. The second kappa shape index (κ2) is 6.38. The van der Waals surface area contributed by atoms with Crippen molar-refractivity contribution in [1.29, 1.82) is 0 Å². The number of carbonyl (C=O) groups excluding carboxylic acids is 1. The van der Waals surface area contributed by atoms with Gasteiger partial charge < -0.3 is 20.5 Å². The van der Waals surface area contributed by atoms with Gasteiger partial charge in [-0.2, -0.15) is 0 Å². The van der Waals surface area contributed by atoms with E-state index in [9.17, 15) is 9.59 Å². The number of aryl methyl sites for hydroxylation is 1. The van der Waals surface area contributed by atoms with Crippen LogP contribution in [0.3, 0.4) is 0 Å². The molecule has 0 saturated carbocycles. The third-order valence-electron chi connectivity index (χ3n) is 3.30. The van der Waals surface area contributed by atoms with Crippen molar-refractivity contribution in [1.82, 2.24) is 4.90 Å². The minimum Gasteiger partial charge on any atom is -0.479 e. The van der Waals surface area contributed by atoms with Crippen LogP contribution in [0.25, 0.3) is 0 Å². The molecule has 0 bridgehead atoms. The minimum atomic E-state index is -1.03. The smallest absolute Gasteiger partial charge is 0.334 e. The summed E-state index contributed by atoms with van der Waals surface area (Å²) in [6.07, 6.45) is 0.0639. The van der Waals surface area contributed by atoms with Crippen LogP contribution in [0.15, 0.2) is 24.3 Å². The molecule has 0 aliphatic carbocycles. The van der Waals surface area contributed by atoms with Gasteiger partial charge in [0.1, 0.15) is 0 Å². The van der Waals surface area contributed by atoms with Crippen molar-refractivity contribution in [3.8, 4) is 0 Å². The molecule has 1 heterocycles. The predicted octanol–water partition coefficient (Wildman–Crippen LogP) is 0.513. The molecule has 1 aliphatic heterocycles. The molecule has 1 aromatic rings. The number of hydrogen-bond donors (Lipinski definition) is 2. The molecule has 20 heavy (non-hydrogen) atoms. The average Bonchev–Trinajstić information content (AvgIpc) is 2.46. The van der Waals surface area contributed by atoms with Crippen LogP contribution in [-0.4, -0.2) is 47.7 Å². The molecule has 1 fully saturated rings. The van der Waals surface area contributed by atoms with Gasteiger partial charge in [0.15, 0.2) is 6.10 Å². The number of carboxylic acids is 1. The molecule has 1 saturated heterocycles. The summed E-state index contributed by atoms with van der Waals surface area (Å²) >= 11 is 0. The number of benzene rings is 1. The van der Waals surface area contributed by atoms with Crippen molar-refractivity contribution >= 4 is 17.6 Å². The summed E-state index contributed by atoms with van der Waals surface area (Å²) in [6.45, 7) is 0.838. The summed E-state index contributed by atoms with van der Waals surface area (Å²) in [6, 6.07) is 7.38. The number of hydrogen-bond acceptors (Lipinski definition) is 4. The number of carbonyl (C=O) groups is 2. The lowest BCUT2D eigenvalue weighted by atomic mass is 10.1. The number of morpholine rings is 1. The number of nitrogens with two attached hydrogens (primary N) is 1. The highest BCUT2D eigenvalue weighted by Crippen LogP contribution is 2.11. The van der Waals surface area contributed by atoms with Crippen molar-refractivity contribution in [2.45, 2.75) is 18.9 Å². The topological polar surface area (TPSA) is 92.9 Å². The first kappa shape index (κ1) is 14.3. The zero-order chi connectivity index (χ0) is 14.5. The Morgan fingerprint density at radius 3 is 2.70 bits per heavy atom. The second-order valence-corrected chi connectivity index (χ2v) is 4.78. The normalized spacial score (nSPS) is 18.8. The van der Waals surface area contributed by atoms with Gasteiger partial charge in [-0.15, -0.1) is 0 Å². The Hall–Kier alpha value is -2.08. The average molecular weight is 278 g/mol. The lowest BCUT2D eigenvalue weighted by Crippen LogP contribution is -2.48. The van der Waals surface area contributed by atoms with Crippen molar-refractivity contribution in [3.05, 3.63) is 29.8 Å². The Morgan fingerprint density at radius 2 is 2.05 bits per heavy atom. The van der Waals surface area contributed by atoms with E-state index in [0.717, 1.165) is 5.56 Å². The fourth-order valence-electron chi connectivity index (χ4n) is 2.12. The van der Waals surface area contributed by atoms with E-state index in [4.69, 9.17) is 15.6 Å². The highest BCUT2D eigenvalue weighted by atomic mass is 16.5. The number of aliphatic carboxylic acids is 1. The molecule has 1 unspecified atom stereocenters. The molecule has 0 aromatic heterocycles. The van der Waals surface area contributed by atoms with Gasteiger partial charge in [-0.05, 0) is 24.1 Å². The van der Waals surface area contributed by atoms with Gasteiger partial charge >= 0.3 is 5.97 Å². The number of anilines is 1. The van der Waals surface area contributed by atoms with Crippen LogP contribution in [0.5, 0.6) is 0 Å². The van der Waals surface area contributed by atoms with Crippen LogP contribution in [0.2, 0.25) is 0 Å². The van der Waals surface area contributed by atoms with Gasteiger partial charge in [-0.1, -0.05) is 12.1 Å². The zero-order valence-corrected chi connectivity index (χ0v) is 11.1. The number of ether oxygens (including phenoxy) is 1. The molecule has 0 radical (unpaired) electrons. The molecule has 6 heteroatoms. The maximum Gasteiger partial charge on any atom is 0.334 e. The van der Waals surface area contributed by atoms with E-state index in [1.807, 2.05) is 12.1 Å². The van der Waals surface area contributed by atoms with Gasteiger partial charge in [-0.25, -0.2) is 4.79 Å². The Kier molecular flexibility index (Phi) is 4.57. The highest BCUT2D eigenvalue weighted by molar-refractivity contribution is 5.78. The van der Waals surface area contributed by atoms with Crippen molar-refractivity contribution in [2.24, 2.45) is 0 Å².